The molecule has 0 amide bonds. The smallest absolute Gasteiger partial charge is 0.0571 e. The third kappa shape index (κ3) is 5.33. The van der Waals surface area contributed by atoms with Crippen LogP contribution in [-0.4, -0.2) is 16.1 Å². The van der Waals surface area contributed by atoms with Crippen LogP contribution in [-0.2, 0) is 0 Å². The van der Waals surface area contributed by atoms with E-state index in [4.69, 9.17) is 0 Å². The number of hydrogen-bond acceptors (Lipinski definition) is 0. The van der Waals surface area contributed by atoms with E-state index in [0.717, 1.165) is 10.6 Å². The minimum absolute atomic E-state index is 0.872. The number of rotatable bonds is 14. The topological polar surface area (TPSA) is 0 Å². The number of hydrogen-bond donors (Lipinski definition) is 0. The first kappa shape index (κ1) is 25.5. The maximum absolute atomic E-state index is 2.55. The second-order valence-electron chi connectivity index (χ2n) is 10.3. The van der Waals surface area contributed by atoms with Gasteiger partial charge in [-0.15, -0.1) is 0 Å². The highest BCUT2D eigenvalue weighted by Gasteiger charge is 2.61. The molecule has 0 aromatic heterocycles. The van der Waals surface area contributed by atoms with Crippen molar-refractivity contribution in [1.29, 1.82) is 0 Å². The van der Waals surface area contributed by atoms with Gasteiger partial charge in [-0.2, -0.15) is 0 Å². The van der Waals surface area contributed by atoms with Crippen LogP contribution in [0.3, 0.4) is 0 Å². The summed E-state index contributed by atoms with van der Waals surface area (Å²) < 4.78 is 0.872. The van der Waals surface area contributed by atoms with E-state index in [-0.39, 0.29) is 0 Å². The Bertz CT molecular complexity index is 320. The van der Waals surface area contributed by atoms with Gasteiger partial charge in [-0.3, -0.25) is 0 Å². The van der Waals surface area contributed by atoms with Gasteiger partial charge in [0.2, 0.25) is 0 Å². The van der Waals surface area contributed by atoms with E-state index in [9.17, 15) is 0 Å². The molecule has 0 radical (unpaired) electrons. The Kier molecular flexibility index (Phi) is 11.5. The van der Waals surface area contributed by atoms with Crippen molar-refractivity contribution in [2.75, 3.05) is 0 Å². The molecule has 0 heterocycles. The van der Waals surface area contributed by atoms with Crippen LogP contribution in [0.4, 0.5) is 0 Å². The third-order valence-electron chi connectivity index (χ3n) is 8.53. The predicted molar refractivity (Wildman–Crippen MR) is 132 cm³/mol. The summed E-state index contributed by atoms with van der Waals surface area (Å²) in [6, 6.07) is 9.89. The van der Waals surface area contributed by atoms with Crippen LogP contribution in [0, 0.1) is 5.92 Å². The zero-order valence-electron chi connectivity index (χ0n) is 20.4. The van der Waals surface area contributed by atoms with Crippen molar-refractivity contribution in [1.82, 2.24) is 0 Å². The Morgan fingerprint density at radius 3 is 1.04 bits per heavy atom. The fraction of sp³-hybridized carbons (Fsp3) is 1.00. The van der Waals surface area contributed by atoms with E-state index in [1.807, 2.05) is 0 Å². The Morgan fingerprint density at radius 2 is 0.815 bits per heavy atom. The van der Waals surface area contributed by atoms with Gasteiger partial charge in [0, 0.05) is 0 Å². The lowest BCUT2D eigenvalue weighted by Gasteiger charge is -2.63. The summed E-state index contributed by atoms with van der Waals surface area (Å²) >= 11 is 0. The van der Waals surface area contributed by atoms with Crippen molar-refractivity contribution in [3.8, 4) is 0 Å². The Morgan fingerprint density at radius 1 is 0.556 bits per heavy atom. The van der Waals surface area contributed by atoms with Gasteiger partial charge in [0.05, 0.1) is 16.1 Å². The van der Waals surface area contributed by atoms with Gasteiger partial charge in [-0.1, -0.05) is 149 Å². The summed E-state index contributed by atoms with van der Waals surface area (Å²) in [5.41, 5.74) is 0. The van der Waals surface area contributed by atoms with E-state index in [1.165, 1.54) is 38.5 Å². The fourth-order valence-electron chi connectivity index (χ4n) is 7.94. The molecule has 1 fully saturated rings. The van der Waals surface area contributed by atoms with Gasteiger partial charge in [0.15, 0.2) is 0 Å². The molecule has 162 valence electrons. The molecule has 0 aliphatic heterocycles. The van der Waals surface area contributed by atoms with E-state index < -0.39 is 16.1 Å². The van der Waals surface area contributed by atoms with E-state index in [2.05, 4.69) is 48.5 Å². The molecular formula is C25H54Si2. The van der Waals surface area contributed by atoms with Crippen LogP contribution in [0.25, 0.3) is 0 Å². The molecule has 0 saturated heterocycles. The fourth-order valence-corrected chi connectivity index (χ4v) is 27.5. The maximum atomic E-state index is 2.55. The van der Waals surface area contributed by atoms with Gasteiger partial charge >= 0.3 is 0 Å². The lowest BCUT2D eigenvalue weighted by atomic mass is 9.90. The lowest BCUT2D eigenvalue weighted by molar-refractivity contribution is 0.340. The normalized spacial score (nSPS) is 18.8. The molecule has 1 saturated carbocycles. The summed E-state index contributed by atoms with van der Waals surface area (Å²) in [5.74, 6) is 0.992. The van der Waals surface area contributed by atoms with Gasteiger partial charge in [0.25, 0.3) is 0 Å². The van der Waals surface area contributed by atoms with Crippen molar-refractivity contribution < 1.29 is 0 Å². The maximum Gasteiger partial charge on any atom is 0.0571 e. The zero-order chi connectivity index (χ0) is 20.4. The largest absolute Gasteiger partial charge is 0.0657 e. The molecule has 1 rings (SSSR count). The molecule has 0 atom stereocenters. The molecule has 0 bridgehead atoms. The first-order chi connectivity index (χ1) is 13.0. The minimum atomic E-state index is -1.26. The van der Waals surface area contributed by atoms with Crippen molar-refractivity contribution in [2.24, 2.45) is 5.92 Å². The molecule has 1 aliphatic rings. The summed E-state index contributed by atoms with van der Waals surface area (Å²) in [5, 5.41) is 0. The van der Waals surface area contributed by atoms with Gasteiger partial charge in [-0.25, -0.2) is 0 Å². The Hall–Kier alpha value is 0.434. The highest BCUT2D eigenvalue weighted by molar-refractivity contribution is 7.01. The molecule has 1 aliphatic carbocycles. The van der Waals surface area contributed by atoms with Crippen LogP contribution >= 0.6 is 0 Å². The molecule has 0 unspecified atom stereocenters. The second kappa shape index (κ2) is 12.2. The molecule has 0 aromatic rings. The van der Waals surface area contributed by atoms with E-state index in [0.29, 0.717) is 0 Å². The summed E-state index contributed by atoms with van der Waals surface area (Å²) in [7, 11) is -2.52. The SMILES string of the molecule is CCC[Si](CCC)(CCC)C1([Si](CCC)(CCC)CCC)CCC(C)CC1. The lowest BCUT2D eigenvalue weighted by Crippen LogP contribution is -2.63. The molecule has 2 heteroatoms. The quantitative estimate of drug-likeness (QED) is 0.250. The third-order valence-corrected chi connectivity index (χ3v) is 25.5. The van der Waals surface area contributed by atoms with Crippen molar-refractivity contribution >= 4 is 16.1 Å². The van der Waals surface area contributed by atoms with Crippen LogP contribution in [0.15, 0.2) is 0 Å². The second-order valence-corrected chi connectivity index (χ2v) is 20.9. The molecule has 0 N–H and O–H groups in total. The summed E-state index contributed by atoms with van der Waals surface area (Å²) in [6.45, 7) is 17.6. The van der Waals surface area contributed by atoms with Crippen LogP contribution in [0.2, 0.25) is 40.9 Å². The highest BCUT2D eigenvalue weighted by atomic mass is 28.4. The zero-order valence-corrected chi connectivity index (χ0v) is 22.4. The predicted octanol–water partition coefficient (Wildman–Crippen LogP) is 9.83. The first-order valence-electron chi connectivity index (χ1n) is 13.0. The van der Waals surface area contributed by atoms with Gasteiger partial charge < -0.3 is 0 Å². The molecule has 0 spiro atoms. The van der Waals surface area contributed by atoms with Crippen LogP contribution in [0.1, 0.15) is 113 Å². The van der Waals surface area contributed by atoms with Crippen LogP contribution < -0.4 is 0 Å². The van der Waals surface area contributed by atoms with Crippen LogP contribution in [0.5, 0.6) is 0 Å². The minimum Gasteiger partial charge on any atom is -0.0657 e. The Balaban J connectivity index is 3.64. The summed E-state index contributed by atoms with van der Waals surface area (Å²) in [4.78, 5) is 0. The van der Waals surface area contributed by atoms with Crippen molar-refractivity contribution in [3.63, 3.8) is 0 Å². The average molecular weight is 411 g/mol. The van der Waals surface area contributed by atoms with Gasteiger partial charge in [-0.05, 0) is 10.6 Å². The molecule has 0 nitrogen and oxygen atoms in total. The molecule has 0 aromatic carbocycles. The first-order valence-corrected chi connectivity index (χ1v) is 18.2. The molecular weight excluding hydrogens is 356 g/mol. The average Bonchev–Trinajstić information content (AvgIpc) is 2.63. The van der Waals surface area contributed by atoms with Crippen molar-refractivity contribution in [2.45, 2.75) is 154 Å². The van der Waals surface area contributed by atoms with E-state index in [1.54, 1.807) is 61.9 Å². The summed E-state index contributed by atoms with van der Waals surface area (Å²) in [6.07, 6.45) is 15.1. The van der Waals surface area contributed by atoms with E-state index >= 15 is 0 Å². The van der Waals surface area contributed by atoms with Gasteiger partial charge in [0.1, 0.15) is 0 Å². The monoisotopic (exact) mass is 410 g/mol. The van der Waals surface area contributed by atoms with Crippen molar-refractivity contribution in [3.05, 3.63) is 0 Å². The Labute approximate surface area is 175 Å². The molecule has 27 heavy (non-hydrogen) atoms. The highest BCUT2D eigenvalue weighted by Crippen LogP contribution is 2.65. The standard InChI is InChI=1S/C25H54Si2/c1-8-18-26(19-9-2,20-10-3)25(16-14-24(7)15-17-25)27(21-11-4,22-12-5)23-13-6/h24H,8-23H2,1-7H3.